The van der Waals surface area contributed by atoms with Gasteiger partial charge in [-0.15, -0.1) is 0 Å². The first-order valence-electron chi connectivity index (χ1n) is 8.00. The zero-order valence-corrected chi connectivity index (χ0v) is 15.7. The number of halogens is 1. The molecule has 0 bridgehead atoms. The molecule has 1 atom stereocenters. The van der Waals surface area contributed by atoms with Crippen molar-refractivity contribution in [3.63, 3.8) is 0 Å². The molecule has 1 aliphatic heterocycles. The maximum Gasteiger partial charge on any atom is 0.310 e. The van der Waals surface area contributed by atoms with Gasteiger partial charge in [0, 0.05) is 16.7 Å². The van der Waals surface area contributed by atoms with Crippen LogP contribution >= 0.6 is 22.6 Å². The largest absolute Gasteiger partial charge is 0.466 e. The molecule has 1 heterocycles. The minimum Gasteiger partial charge on any atom is -0.466 e. The van der Waals surface area contributed by atoms with Crippen LogP contribution in [0.1, 0.15) is 30.1 Å². The lowest BCUT2D eigenvalue weighted by Crippen LogP contribution is -2.46. The number of hydrogen-bond donors (Lipinski definition) is 1. The van der Waals surface area contributed by atoms with Gasteiger partial charge in [-0.25, -0.2) is 0 Å². The zero-order chi connectivity index (χ0) is 17.5. The molecule has 1 aromatic rings. The van der Waals surface area contributed by atoms with Gasteiger partial charge in [0.25, 0.3) is 5.91 Å². The Morgan fingerprint density at radius 2 is 2.08 bits per heavy atom. The third-order valence-electron chi connectivity index (χ3n) is 3.91. The summed E-state index contributed by atoms with van der Waals surface area (Å²) in [6, 6.07) is 7.20. The van der Waals surface area contributed by atoms with Crippen LogP contribution in [-0.2, 0) is 14.3 Å². The van der Waals surface area contributed by atoms with Gasteiger partial charge < -0.3 is 15.0 Å². The lowest BCUT2D eigenvalue weighted by atomic mass is 9.98. The molecule has 1 fully saturated rings. The molecular weight excluding hydrogens is 423 g/mol. The third-order valence-corrected chi connectivity index (χ3v) is 4.85. The van der Waals surface area contributed by atoms with Crippen molar-refractivity contribution in [2.24, 2.45) is 5.92 Å². The highest BCUT2D eigenvalue weighted by atomic mass is 127. The third kappa shape index (κ3) is 4.93. The second kappa shape index (κ2) is 9.00. The van der Waals surface area contributed by atoms with Gasteiger partial charge in [-0.05, 0) is 54.5 Å². The molecule has 24 heavy (non-hydrogen) atoms. The number of piperidine rings is 1. The van der Waals surface area contributed by atoms with E-state index in [0.29, 0.717) is 25.3 Å². The van der Waals surface area contributed by atoms with Crippen molar-refractivity contribution in [1.82, 2.24) is 10.2 Å². The number of likely N-dealkylation sites (tertiary alicyclic amines) is 1. The molecule has 7 heteroatoms. The van der Waals surface area contributed by atoms with E-state index in [1.165, 1.54) is 0 Å². The van der Waals surface area contributed by atoms with Crippen LogP contribution in [0.4, 0.5) is 0 Å². The Hall–Kier alpha value is -1.64. The van der Waals surface area contributed by atoms with Crippen molar-refractivity contribution in [2.45, 2.75) is 19.8 Å². The van der Waals surface area contributed by atoms with Gasteiger partial charge in [0.05, 0.1) is 24.6 Å². The Morgan fingerprint density at radius 3 is 2.79 bits per heavy atom. The number of benzene rings is 1. The normalized spacial score (nSPS) is 17.2. The summed E-state index contributed by atoms with van der Waals surface area (Å²) in [5.41, 5.74) is 0.550. The van der Waals surface area contributed by atoms with Crippen molar-refractivity contribution >= 4 is 40.4 Å². The first-order valence-corrected chi connectivity index (χ1v) is 9.08. The van der Waals surface area contributed by atoms with E-state index in [-0.39, 0.29) is 30.2 Å². The molecule has 0 saturated carbocycles. The van der Waals surface area contributed by atoms with Gasteiger partial charge in [0.15, 0.2) is 0 Å². The average molecular weight is 444 g/mol. The first-order chi connectivity index (χ1) is 11.5. The van der Waals surface area contributed by atoms with E-state index < -0.39 is 0 Å². The maximum atomic E-state index is 12.3. The molecule has 1 unspecified atom stereocenters. The second-order valence-corrected chi connectivity index (χ2v) is 6.76. The van der Waals surface area contributed by atoms with Crippen molar-refractivity contribution < 1.29 is 19.1 Å². The quantitative estimate of drug-likeness (QED) is 0.556. The van der Waals surface area contributed by atoms with E-state index in [0.717, 1.165) is 16.4 Å². The summed E-state index contributed by atoms with van der Waals surface area (Å²) in [7, 11) is 0. The van der Waals surface area contributed by atoms with Crippen LogP contribution in [0.5, 0.6) is 0 Å². The fourth-order valence-electron chi connectivity index (χ4n) is 2.66. The highest BCUT2D eigenvalue weighted by molar-refractivity contribution is 14.1. The first kappa shape index (κ1) is 18.7. The average Bonchev–Trinajstić information content (AvgIpc) is 2.60. The lowest BCUT2D eigenvalue weighted by Gasteiger charge is -2.31. The predicted molar refractivity (Wildman–Crippen MR) is 97.4 cm³/mol. The van der Waals surface area contributed by atoms with E-state index in [4.69, 9.17) is 4.74 Å². The van der Waals surface area contributed by atoms with Crippen LogP contribution in [0.15, 0.2) is 24.3 Å². The predicted octanol–water partition coefficient (Wildman–Crippen LogP) is 1.82. The van der Waals surface area contributed by atoms with Gasteiger partial charge in [-0.2, -0.15) is 0 Å². The van der Waals surface area contributed by atoms with Gasteiger partial charge in [-0.1, -0.05) is 12.1 Å². The molecule has 1 aromatic carbocycles. The van der Waals surface area contributed by atoms with Crippen LogP contribution < -0.4 is 5.32 Å². The van der Waals surface area contributed by atoms with Crippen molar-refractivity contribution in [3.8, 4) is 0 Å². The van der Waals surface area contributed by atoms with E-state index in [1.54, 1.807) is 24.0 Å². The van der Waals surface area contributed by atoms with Crippen LogP contribution in [-0.4, -0.2) is 48.9 Å². The summed E-state index contributed by atoms with van der Waals surface area (Å²) in [5.74, 6) is -0.970. The fourth-order valence-corrected chi connectivity index (χ4v) is 3.30. The van der Waals surface area contributed by atoms with Gasteiger partial charge >= 0.3 is 5.97 Å². The number of carbonyl (C=O) groups is 3. The van der Waals surface area contributed by atoms with Crippen LogP contribution in [0.2, 0.25) is 0 Å². The Morgan fingerprint density at radius 1 is 1.33 bits per heavy atom. The maximum absolute atomic E-state index is 12.3. The summed E-state index contributed by atoms with van der Waals surface area (Å²) in [4.78, 5) is 37.9. The molecule has 130 valence electrons. The number of ether oxygens (including phenoxy) is 1. The number of hydrogen-bond acceptors (Lipinski definition) is 4. The molecule has 0 aromatic heterocycles. The SMILES string of the molecule is CCOC(=O)C1CCCN(C(=O)CNC(=O)c2ccccc2I)C1. The summed E-state index contributed by atoms with van der Waals surface area (Å²) in [6.45, 7) is 3.00. The standard InChI is InChI=1S/C17H21IN2O4/c1-2-24-17(23)12-6-5-9-20(11-12)15(21)10-19-16(22)13-7-3-4-8-14(13)18/h3-4,7-8,12H,2,5-6,9-11H2,1H3,(H,19,22). The molecule has 0 spiro atoms. The van der Waals surface area contributed by atoms with Crippen molar-refractivity contribution in [3.05, 3.63) is 33.4 Å². The Kier molecular flexibility index (Phi) is 7.01. The smallest absolute Gasteiger partial charge is 0.310 e. The highest BCUT2D eigenvalue weighted by Crippen LogP contribution is 2.18. The number of rotatable bonds is 5. The van der Waals surface area contributed by atoms with Gasteiger partial charge in [-0.3, -0.25) is 14.4 Å². The lowest BCUT2D eigenvalue weighted by molar-refractivity contribution is -0.151. The Labute approximate surface area is 155 Å². The molecule has 2 amide bonds. The minimum atomic E-state index is -0.271. The molecule has 0 aliphatic carbocycles. The molecule has 1 aliphatic rings. The second-order valence-electron chi connectivity index (χ2n) is 5.59. The number of nitrogens with one attached hydrogen (secondary N) is 1. The topological polar surface area (TPSA) is 75.7 Å². The van der Waals surface area contributed by atoms with E-state index in [1.807, 2.05) is 12.1 Å². The molecule has 6 nitrogen and oxygen atoms in total. The van der Waals surface area contributed by atoms with Crippen molar-refractivity contribution in [1.29, 1.82) is 0 Å². The highest BCUT2D eigenvalue weighted by Gasteiger charge is 2.29. The summed E-state index contributed by atoms with van der Waals surface area (Å²) < 4.78 is 5.86. The van der Waals surface area contributed by atoms with E-state index in [2.05, 4.69) is 27.9 Å². The summed E-state index contributed by atoms with van der Waals surface area (Å²) in [6.07, 6.45) is 1.50. The van der Waals surface area contributed by atoms with Gasteiger partial charge in [0.1, 0.15) is 0 Å². The summed E-state index contributed by atoms with van der Waals surface area (Å²) >= 11 is 2.09. The molecule has 1 saturated heterocycles. The minimum absolute atomic E-state index is 0.0701. The molecular formula is C17H21IN2O4. The summed E-state index contributed by atoms with van der Waals surface area (Å²) in [5, 5.41) is 2.65. The molecule has 1 N–H and O–H groups in total. The van der Waals surface area contributed by atoms with Crippen molar-refractivity contribution in [2.75, 3.05) is 26.2 Å². The number of amides is 2. The Bertz CT molecular complexity index is 620. The van der Waals surface area contributed by atoms with E-state index in [9.17, 15) is 14.4 Å². The number of esters is 1. The zero-order valence-electron chi connectivity index (χ0n) is 13.6. The fraction of sp³-hybridized carbons (Fsp3) is 0.471. The molecule has 2 rings (SSSR count). The molecule has 0 radical (unpaired) electrons. The Balaban J connectivity index is 1.87. The van der Waals surface area contributed by atoms with Gasteiger partial charge in [0.2, 0.25) is 5.91 Å². The van der Waals surface area contributed by atoms with Crippen LogP contribution in [0, 0.1) is 9.49 Å². The van der Waals surface area contributed by atoms with Crippen LogP contribution in [0.25, 0.3) is 0 Å². The monoisotopic (exact) mass is 444 g/mol. The number of nitrogens with zero attached hydrogens (tertiary/aromatic N) is 1. The van der Waals surface area contributed by atoms with Crippen LogP contribution in [0.3, 0.4) is 0 Å². The number of carbonyl (C=O) groups excluding carboxylic acids is 3. The van der Waals surface area contributed by atoms with E-state index >= 15 is 0 Å².